The summed E-state index contributed by atoms with van der Waals surface area (Å²) in [5, 5.41) is 0. The average molecular weight is 274 g/mol. The third kappa shape index (κ3) is 4.34. The van der Waals surface area contributed by atoms with E-state index in [0.29, 0.717) is 5.75 Å². The molecule has 2 aromatic rings. The summed E-state index contributed by atoms with van der Waals surface area (Å²) in [6.45, 7) is 0. The van der Waals surface area contributed by atoms with E-state index >= 15 is 0 Å². The second-order valence-corrected chi connectivity index (χ2v) is 4.80. The van der Waals surface area contributed by atoms with Crippen molar-refractivity contribution in [2.75, 3.05) is 12.9 Å². The molecular formula is C15H14O3S. The van der Waals surface area contributed by atoms with Crippen molar-refractivity contribution in [1.29, 1.82) is 0 Å². The molecule has 0 saturated carbocycles. The normalized spacial score (nSPS) is 9.95. The Morgan fingerprint density at radius 3 is 2.53 bits per heavy atom. The van der Waals surface area contributed by atoms with Crippen LogP contribution in [0.5, 0.6) is 11.5 Å². The summed E-state index contributed by atoms with van der Waals surface area (Å²) in [5.74, 6) is 1.60. The third-order valence-electron chi connectivity index (χ3n) is 2.37. The summed E-state index contributed by atoms with van der Waals surface area (Å²) >= 11 is 1.42. The zero-order valence-corrected chi connectivity index (χ0v) is 11.4. The largest absolute Gasteiger partial charge is 0.468 e. The van der Waals surface area contributed by atoms with Crippen LogP contribution < -0.4 is 4.74 Å². The number of ether oxygens (including phenoxy) is 2. The fraction of sp³-hybridized carbons (Fsp3) is 0.133. The number of carbonyl (C=O) groups is 1. The van der Waals surface area contributed by atoms with E-state index in [1.165, 1.54) is 18.9 Å². The second kappa shape index (κ2) is 6.85. The lowest BCUT2D eigenvalue weighted by Crippen LogP contribution is -2.02. The van der Waals surface area contributed by atoms with E-state index in [0.717, 1.165) is 16.4 Å². The van der Waals surface area contributed by atoms with Gasteiger partial charge in [-0.1, -0.05) is 24.3 Å². The number of hydrogen-bond donors (Lipinski definition) is 0. The van der Waals surface area contributed by atoms with Gasteiger partial charge in [0, 0.05) is 4.90 Å². The molecule has 0 aliphatic carbocycles. The highest BCUT2D eigenvalue weighted by Gasteiger charge is 2.03. The van der Waals surface area contributed by atoms with Crippen molar-refractivity contribution in [1.82, 2.24) is 0 Å². The zero-order valence-electron chi connectivity index (χ0n) is 10.5. The maximum absolute atomic E-state index is 11.1. The highest BCUT2D eigenvalue weighted by Crippen LogP contribution is 2.26. The van der Waals surface area contributed by atoms with E-state index in [1.807, 2.05) is 54.6 Å². The van der Waals surface area contributed by atoms with Crippen molar-refractivity contribution in [2.45, 2.75) is 4.90 Å². The maximum Gasteiger partial charge on any atom is 0.315 e. The van der Waals surface area contributed by atoms with Crippen LogP contribution in [0.4, 0.5) is 0 Å². The first-order valence-electron chi connectivity index (χ1n) is 5.80. The van der Waals surface area contributed by atoms with Gasteiger partial charge in [0.15, 0.2) is 0 Å². The molecule has 0 bridgehead atoms. The fourth-order valence-electron chi connectivity index (χ4n) is 1.45. The molecule has 0 radical (unpaired) electrons. The minimum atomic E-state index is -0.237. The molecule has 0 aromatic heterocycles. The van der Waals surface area contributed by atoms with Crippen molar-refractivity contribution in [2.24, 2.45) is 0 Å². The Labute approximate surface area is 116 Å². The number of benzene rings is 2. The minimum absolute atomic E-state index is 0.237. The quantitative estimate of drug-likeness (QED) is 0.614. The third-order valence-corrected chi connectivity index (χ3v) is 3.34. The fourth-order valence-corrected chi connectivity index (χ4v) is 2.23. The van der Waals surface area contributed by atoms with Gasteiger partial charge in [0.25, 0.3) is 0 Å². The van der Waals surface area contributed by atoms with Crippen molar-refractivity contribution < 1.29 is 14.3 Å². The molecule has 0 amide bonds. The van der Waals surface area contributed by atoms with Gasteiger partial charge in [-0.2, -0.15) is 0 Å². The lowest BCUT2D eigenvalue weighted by atomic mass is 10.3. The zero-order chi connectivity index (χ0) is 13.5. The molecule has 98 valence electrons. The SMILES string of the molecule is COC(=O)CSc1cccc(Oc2ccccc2)c1. The lowest BCUT2D eigenvalue weighted by molar-refractivity contribution is -0.137. The maximum atomic E-state index is 11.1. The summed E-state index contributed by atoms with van der Waals surface area (Å²) < 4.78 is 10.3. The van der Waals surface area contributed by atoms with Crippen LogP contribution in [0.25, 0.3) is 0 Å². The van der Waals surface area contributed by atoms with Crippen LogP contribution in [0.15, 0.2) is 59.5 Å². The molecule has 2 rings (SSSR count). The number of hydrogen-bond acceptors (Lipinski definition) is 4. The summed E-state index contributed by atoms with van der Waals surface area (Å²) in [7, 11) is 1.39. The monoisotopic (exact) mass is 274 g/mol. The van der Waals surface area contributed by atoms with E-state index in [2.05, 4.69) is 4.74 Å². The second-order valence-electron chi connectivity index (χ2n) is 3.75. The number of esters is 1. The molecule has 0 unspecified atom stereocenters. The highest BCUT2D eigenvalue weighted by molar-refractivity contribution is 8.00. The Hall–Kier alpha value is -1.94. The Balaban J connectivity index is 2.01. The number of methoxy groups -OCH3 is 1. The van der Waals surface area contributed by atoms with Gasteiger partial charge in [-0.15, -0.1) is 11.8 Å². The van der Waals surface area contributed by atoms with Gasteiger partial charge >= 0.3 is 5.97 Å². The highest BCUT2D eigenvalue weighted by atomic mass is 32.2. The molecule has 4 heteroatoms. The summed E-state index contributed by atoms with van der Waals surface area (Å²) in [6.07, 6.45) is 0. The number of carbonyl (C=O) groups excluding carboxylic acids is 1. The van der Waals surface area contributed by atoms with Crippen molar-refractivity contribution in [3.8, 4) is 11.5 Å². The number of thioether (sulfide) groups is 1. The van der Waals surface area contributed by atoms with Crippen LogP contribution in [0.2, 0.25) is 0 Å². The summed E-state index contributed by atoms with van der Waals surface area (Å²) in [4.78, 5) is 12.1. The molecule has 0 aliphatic rings. The molecule has 0 spiro atoms. The number of para-hydroxylation sites is 1. The standard InChI is InChI=1S/C15H14O3S/c1-17-15(16)11-19-14-9-5-8-13(10-14)18-12-6-3-2-4-7-12/h2-10H,11H2,1H3. The van der Waals surface area contributed by atoms with Gasteiger partial charge < -0.3 is 9.47 Å². The van der Waals surface area contributed by atoms with E-state index < -0.39 is 0 Å². The Morgan fingerprint density at radius 2 is 1.79 bits per heavy atom. The average Bonchev–Trinajstić information content (AvgIpc) is 2.46. The number of rotatable bonds is 5. The van der Waals surface area contributed by atoms with Gasteiger partial charge in [0.2, 0.25) is 0 Å². The molecule has 3 nitrogen and oxygen atoms in total. The van der Waals surface area contributed by atoms with Crippen LogP contribution in [0.3, 0.4) is 0 Å². The van der Waals surface area contributed by atoms with Gasteiger partial charge in [0.1, 0.15) is 11.5 Å². The first-order valence-corrected chi connectivity index (χ1v) is 6.79. The molecule has 0 atom stereocenters. The van der Waals surface area contributed by atoms with Gasteiger partial charge in [-0.25, -0.2) is 0 Å². The lowest BCUT2D eigenvalue weighted by Gasteiger charge is -2.07. The molecule has 0 fully saturated rings. The topological polar surface area (TPSA) is 35.5 Å². The molecule has 0 N–H and O–H groups in total. The van der Waals surface area contributed by atoms with E-state index in [4.69, 9.17) is 4.74 Å². The predicted octanol–water partition coefficient (Wildman–Crippen LogP) is 3.74. The predicted molar refractivity (Wildman–Crippen MR) is 75.7 cm³/mol. The molecule has 2 aromatic carbocycles. The van der Waals surface area contributed by atoms with Crippen LogP contribution in [-0.4, -0.2) is 18.8 Å². The van der Waals surface area contributed by atoms with E-state index in [1.54, 1.807) is 0 Å². The van der Waals surface area contributed by atoms with Crippen LogP contribution in [-0.2, 0) is 9.53 Å². The first-order chi connectivity index (χ1) is 9.28. The van der Waals surface area contributed by atoms with Crippen molar-refractivity contribution in [3.63, 3.8) is 0 Å². The Kier molecular flexibility index (Phi) is 4.86. The first kappa shape index (κ1) is 13.5. The Bertz CT molecular complexity index is 540. The minimum Gasteiger partial charge on any atom is -0.468 e. The van der Waals surface area contributed by atoms with Crippen LogP contribution >= 0.6 is 11.8 Å². The van der Waals surface area contributed by atoms with Gasteiger partial charge in [0.05, 0.1) is 12.9 Å². The molecule has 0 aliphatic heterocycles. The smallest absolute Gasteiger partial charge is 0.315 e. The van der Waals surface area contributed by atoms with Crippen molar-refractivity contribution in [3.05, 3.63) is 54.6 Å². The van der Waals surface area contributed by atoms with Crippen molar-refractivity contribution >= 4 is 17.7 Å². The Morgan fingerprint density at radius 1 is 1.05 bits per heavy atom. The van der Waals surface area contributed by atoms with E-state index in [9.17, 15) is 4.79 Å². The van der Waals surface area contributed by atoms with Crippen LogP contribution in [0.1, 0.15) is 0 Å². The molecular weight excluding hydrogens is 260 g/mol. The molecule has 19 heavy (non-hydrogen) atoms. The molecule has 0 saturated heterocycles. The molecule has 0 heterocycles. The van der Waals surface area contributed by atoms with Gasteiger partial charge in [-0.05, 0) is 30.3 Å². The van der Waals surface area contributed by atoms with E-state index in [-0.39, 0.29) is 5.97 Å². The summed E-state index contributed by atoms with van der Waals surface area (Å²) in [5.41, 5.74) is 0. The summed E-state index contributed by atoms with van der Waals surface area (Å²) in [6, 6.07) is 17.2. The van der Waals surface area contributed by atoms with Crippen LogP contribution in [0, 0.1) is 0 Å². The van der Waals surface area contributed by atoms with Gasteiger partial charge in [-0.3, -0.25) is 4.79 Å².